The number of thiophene rings is 1. The Morgan fingerprint density at radius 2 is 2.33 bits per heavy atom. The van der Waals surface area contributed by atoms with Crippen molar-refractivity contribution in [2.75, 3.05) is 13.2 Å². The molecule has 0 aliphatic heterocycles. The van der Waals surface area contributed by atoms with Gasteiger partial charge in [-0.2, -0.15) is 11.3 Å². The number of carbonyl (C=O) groups is 1. The molecule has 1 amide bonds. The molecule has 15 heavy (non-hydrogen) atoms. The third-order valence-electron chi connectivity index (χ3n) is 2.02. The quantitative estimate of drug-likeness (QED) is 0.756. The highest BCUT2D eigenvalue weighted by molar-refractivity contribution is 7.08. The lowest BCUT2D eigenvalue weighted by Crippen LogP contribution is -2.27. The van der Waals surface area contributed by atoms with Crippen molar-refractivity contribution in [3.63, 3.8) is 0 Å². The van der Waals surface area contributed by atoms with Gasteiger partial charge >= 0.3 is 0 Å². The Morgan fingerprint density at radius 3 is 2.93 bits per heavy atom. The Morgan fingerprint density at radius 1 is 1.53 bits per heavy atom. The first kappa shape index (κ1) is 12.2. The number of hydrogen-bond acceptors (Lipinski definition) is 3. The molecular formula is C11H17NO2S. The van der Waals surface area contributed by atoms with Gasteiger partial charge in [0.15, 0.2) is 0 Å². The highest BCUT2D eigenvalue weighted by Gasteiger charge is 2.03. The second-order valence-electron chi connectivity index (χ2n) is 3.41. The van der Waals surface area contributed by atoms with E-state index in [9.17, 15) is 4.79 Å². The normalized spacial score (nSPS) is 10.3. The third kappa shape index (κ3) is 4.44. The minimum absolute atomic E-state index is 0.0472. The molecule has 1 N–H and O–H groups in total. The van der Waals surface area contributed by atoms with Crippen molar-refractivity contribution in [3.8, 4) is 0 Å². The number of rotatable bonds is 6. The second-order valence-corrected chi connectivity index (χ2v) is 4.15. The van der Waals surface area contributed by atoms with Gasteiger partial charge in [0.2, 0.25) is 5.91 Å². The standard InChI is InChI=1S/C11H17NO2S/c1-3-4-14-6-11(13)12-5-10-8-15-7-9(10)2/h7-8H,3-6H2,1-2H3,(H,12,13). The topological polar surface area (TPSA) is 38.3 Å². The van der Waals surface area contributed by atoms with Crippen LogP contribution in [0, 0.1) is 6.92 Å². The molecule has 84 valence electrons. The van der Waals surface area contributed by atoms with Crippen molar-refractivity contribution < 1.29 is 9.53 Å². The molecular weight excluding hydrogens is 210 g/mol. The summed E-state index contributed by atoms with van der Waals surface area (Å²) < 4.78 is 5.14. The first-order chi connectivity index (χ1) is 7.24. The molecule has 1 aromatic heterocycles. The zero-order valence-electron chi connectivity index (χ0n) is 9.21. The third-order valence-corrected chi connectivity index (χ3v) is 2.93. The van der Waals surface area contributed by atoms with Crippen molar-refractivity contribution in [1.29, 1.82) is 0 Å². The molecule has 0 atom stereocenters. The lowest BCUT2D eigenvalue weighted by Gasteiger charge is -2.05. The molecule has 0 saturated carbocycles. The predicted molar refractivity (Wildman–Crippen MR) is 62.0 cm³/mol. The highest BCUT2D eigenvalue weighted by atomic mass is 32.1. The number of aryl methyl sites for hydroxylation is 1. The van der Waals surface area contributed by atoms with E-state index in [1.54, 1.807) is 11.3 Å². The molecule has 0 radical (unpaired) electrons. The van der Waals surface area contributed by atoms with Crippen LogP contribution in [0.5, 0.6) is 0 Å². The largest absolute Gasteiger partial charge is 0.372 e. The first-order valence-electron chi connectivity index (χ1n) is 5.10. The number of hydrogen-bond donors (Lipinski definition) is 1. The van der Waals surface area contributed by atoms with E-state index in [1.165, 1.54) is 11.1 Å². The second kappa shape index (κ2) is 6.58. The fourth-order valence-electron chi connectivity index (χ4n) is 1.12. The fraction of sp³-hybridized carbons (Fsp3) is 0.545. The molecule has 0 aliphatic carbocycles. The molecule has 0 fully saturated rings. The maximum Gasteiger partial charge on any atom is 0.246 e. The summed E-state index contributed by atoms with van der Waals surface area (Å²) >= 11 is 1.66. The van der Waals surface area contributed by atoms with E-state index in [-0.39, 0.29) is 12.5 Å². The summed E-state index contributed by atoms with van der Waals surface area (Å²) in [5.74, 6) is -0.0472. The Kier molecular flexibility index (Phi) is 5.36. The zero-order valence-corrected chi connectivity index (χ0v) is 10.0. The minimum atomic E-state index is -0.0472. The van der Waals surface area contributed by atoms with Gasteiger partial charge in [-0.1, -0.05) is 6.92 Å². The zero-order chi connectivity index (χ0) is 11.1. The summed E-state index contributed by atoms with van der Waals surface area (Å²) in [5.41, 5.74) is 2.42. The Hall–Kier alpha value is -0.870. The Bertz CT molecular complexity index is 309. The molecule has 1 aromatic rings. The molecule has 4 heteroatoms. The van der Waals surface area contributed by atoms with Crippen molar-refractivity contribution in [3.05, 3.63) is 21.9 Å². The summed E-state index contributed by atoms with van der Waals surface area (Å²) in [5, 5.41) is 6.96. The lowest BCUT2D eigenvalue weighted by molar-refractivity contribution is -0.125. The number of carbonyl (C=O) groups excluding carboxylic acids is 1. The van der Waals surface area contributed by atoms with Crippen molar-refractivity contribution >= 4 is 17.2 Å². The smallest absolute Gasteiger partial charge is 0.246 e. The van der Waals surface area contributed by atoms with Crippen LogP contribution >= 0.6 is 11.3 Å². The molecule has 0 aliphatic rings. The van der Waals surface area contributed by atoms with Gasteiger partial charge in [0.1, 0.15) is 6.61 Å². The van der Waals surface area contributed by atoms with Crippen LogP contribution in [0.1, 0.15) is 24.5 Å². The predicted octanol–water partition coefficient (Wildman–Crippen LogP) is 2.10. The lowest BCUT2D eigenvalue weighted by atomic mass is 10.2. The molecule has 0 saturated heterocycles. The maximum atomic E-state index is 11.3. The summed E-state index contributed by atoms with van der Waals surface area (Å²) in [7, 11) is 0. The number of nitrogens with one attached hydrogen (secondary N) is 1. The fourth-order valence-corrected chi connectivity index (χ4v) is 1.98. The van der Waals surface area contributed by atoms with E-state index in [0.717, 1.165) is 6.42 Å². The summed E-state index contributed by atoms with van der Waals surface area (Å²) in [6.45, 7) is 5.48. The van der Waals surface area contributed by atoms with Crippen LogP contribution < -0.4 is 5.32 Å². The van der Waals surface area contributed by atoms with Gasteiger partial charge in [0.25, 0.3) is 0 Å². The van der Waals surface area contributed by atoms with Gasteiger partial charge in [0.05, 0.1) is 0 Å². The number of ether oxygens (including phenoxy) is 1. The van der Waals surface area contributed by atoms with Gasteiger partial charge in [-0.05, 0) is 35.2 Å². The van der Waals surface area contributed by atoms with E-state index >= 15 is 0 Å². The SMILES string of the molecule is CCCOCC(=O)NCc1cscc1C. The van der Waals surface area contributed by atoms with E-state index < -0.39 is 0 Å². The molecule has 0 aromatic carbocycles. The molecule has 3 nitrogen and oxygen atoms in total. The maximum absolute atomic E-state index is 11.3. The van der Waals surface area contributed by atoms with E-state index in [1.807, 2.05) is 13.8 Å². The van der Waals surface area contributed by atoms with Gasteiger partial charge in [0, 0.05) is 13.2 Å². The van der Waals surface area contributed by atoms with Crippen LogP contribution in [-0.4, -0.2) is 19.1 Å². The van der Waals surface area contributed by atoms with Crippen LogP contribution in [-0.2, 0) is 16.1 Å². The van der Waals surface area contributed by atoms with Gasteiger partial charge in [-0.3, -0.25) is 4.79 Å². The van der Waals surface area contributed by atoms with Gasteiger partial charge in [-0.25, -0.2) is 0 Å². The highest BCUT2D eigenvalue weighted by Crippen LogP contribution is 2.12. The average molecular weight is 227 g/mol. The molecule has 1 rings (SSSR count). The minimum Gasteiger partial charge on any atom is -0.372 e. The van der Waals surface area contributed by atoms with Crippen LogP contribution in [0.2, 0.25) is 0 Å². The molecule has 0 bridgehead atoms. The molecule has 1 heterocycles. The Labute approximate surface area is 94.5 Å². The average Bonchev–Trinajstić information content (AvgIpc) is 2.61. The van der Waals surface area contributed by atoms with Crippen LogP contribution in [0.4, 0.5) is 0 Å². The molecule has 0 unspecified atom stereocenters. The Balaban J connectivity index is 2.20. The summed E-state index contributed by atoms with van der Waals surface area (Å²) in [6, 6.07) is 0. The number of amides is 1. The monoisotopic (exact) mass is 227 g/mol. The van der Waals surface area contributed by atoms with Crippen LogP contribution in [0.25, 0.3) is 0 Å². The molecule has 0 spiro atoms. The van der Waals surface area contributed by atoms with E-state index in [2.05, 4.69) is 16.1 Å². The van der Waals surface area contributed by atoms with Gasteiger partial charge < -0.3 is 10.1 Å². The van der Waals surface area contributed by atoms with Crippen LogP contribution in [0.3, 0.4) is 0 Å². The van der Waals surface area contributed by atoms with Crippen LogP contribution in [0.15, 0.2) is 10.8 Å². The summed E-state index contributed by atoms with van der Waals surface area (Å²) in [4.78, 5) is 11.3. The van der Waals surface area contributed by atoms with E-state index in [4.69, 9.17) is 4.74 Å². The summed E-state index contributed by atoms with van der Waals surface area (Å²) in [6.07, 6.45) is 0.941. The van der Waals surface area contributed by atoms with Crippen molar-refractivity contribution in [1.82, 2.24) is 5.32 Å². The van der Waals surface area contributed by atoms with Crippen molar-refractivity contribution in [2.24, 2.45) is 0 Å². The van der Waals surface area contributed by atoms with Crippen molar-refractivity contribution in [2.45, 2.75) is 26.8 Å². The van der Waals surface area contributed by atoms with E-state index in [0.29, 0.717) is 13.2 Å². The first-order valence-corrected chi connectivity index (χ1v) is 6.04. The van der Waals surface area contributed by atoms with Gasteiger partial charge in [-0.15, -0.1) is 0 Å².